The minimum atomic E-state index is 0.0831. The Labute approximate surface area is 109 Å². The normalized spacial score (nSPS) is 12.2. The molecule has 0 bridgehead atoms. The van der Waals surface area contributed by atoms with Crippen molar-refractivity contribution in [3.8, 4) is 0 Å². The van der Waals surface area contributed by atoms with E-state index in [1.54, 1.807) is 19.1 Å². The predicted molar refractivity (Wildman–Crippen MR) is 73.4 cm³/mol. The Bertz CT molecular complexity index is 393. The fourth-order valence-corrected chi connectivity index (χ4v) is 1.76. The number of methoxy groups -OCH3 is 1. The zero-order chi connectivity index (χ0) is 13.5. The van der Waals surface area contributed by atoms with E-state index < -0.39 is 0 Å². The number of anilines is 1. The van der Waals surface area contributed by atoms with E-state index in [4.69, 9.17) is 10.5 Å². The van der Waals surface area contributed by atoms with E-state index in [0.717, 1.165) is 17.7 Å². The van der Waals surface area contributed by atoms with Gasteiger partial charge in [-0.15, -0.1) is 0 Å². The average Bonchev–Trinajstić information content (AvgIpc) is 2.43. The number of rotatable bonds is 6. The van der Waals surface area contributed by atoms with Gasteiger partial charge in [-0.3, -0.25) is 4.79 Å². The third kappa shape index (κ3) is 3.82. The first-order chi connectivity index (χ1) is 8.60. The maximum atomic E-state index is 12.1. The molecule has 1 rings (SSSR count). The van der Waals surface area contributed by atoms with Crippen molar-refractivity contribution in [2.24, 2.45) is 5.73 Å². The summed E-state index contributed by atoms with van der Waals surface area (Å²) in [7, 11) is 3.44. The number of hydrogen-bond donors (Lipinski definition) is 1. The van der Waals surface area contributed by atoms with E-state index in [9.17, 15) is 4.79 Å². The van der Waals surface area contributed by atoms with Crippen LogP contribution in [0.1, 0.15) is 25.3 Å². The summed E-state index contributed by atoms with van der Waals surface area (Å²) in [5.41, 5.74) is 7.54. The van der Waals surface area contributed by atoms with Crippen molar-refractivity contribution in [1.29, 1.82) is 0 Å². The Balaban J connectivity index is 2.68. The number of benzene rings is 1. The molecular formula is C14H22N2O2. The molecule has 0 aromatic heterocycles. The van der Waals surface area contributed by atoms with Crippen LogP contribution in [0.25, 0.3) is 0 Å². The zero-order valence-corrected chi connectivity index (χ0v) is 11.3. The first-order valence-corrected chi connectivity index (χ1v) is 6.17. The summed E-state index contributed by atoms with van der Waals surface area (Å²) in [5, 5.41) is 0. The molecule has 2 N–H and O–H groups in total. The summed E-state index contributed by atoms with van der Waals surface area (Å²) in [4.78, 5) is 13.7. The van der Waals surface area contributed by atoms with Gasteiger partial charge in [-0.1, -0.05) is 18.2 Å². The van der Waals surface area contributed by atoms with Gasteiger partial charge in [0.2, 0.25) is 5.91 Å². The zero-order valence-electron chi connectivity index (χ0n) is 11.3. The number of nitrogens with two attached hydrogens (primary N) is 1. The topological polar surface area (TPSA) is 55.6 Å². The molecule has 1 aromatic rings. The lowest BCUT2D eigenvalue weighted by molar-refractivity contribution is -0.118. The van der Waals surface area contributed by atoms with Crippen LogP contribution in [0, 0.1) is 0 Å². The molecule has 0 heterocycles. The van der Waals surface area contributed by atoms with E-state index in [1.165, 1.54) is 0 Å². The van der Waals surface area contributed by atoms with Crippen LogP contribution in [0.4, 0.5) is 5.69 Å². The van der Waals surface area contributed by atoms with Crippen molar-refractivity contribution in [3.05, 3.63) is 29.8 Å². The highest BCUT2D eigenvalue weighted by atomic mass is 16.5. The number of para-hydroxylation sites is 1. The molecule has 1 atom stereocenters. The predicted octanol–water partition coefficient (Wildman–Crippen LogP) is 1.92. The average molecular weight is 250 g/mol. The molecule has 0 aliphatic carbocycles. The molecule has 0 spiro atoms. The van der Waals surface area contributed by atoms with Gasteiger partial charge in [-0.25, -0.2) is 0 Å². The second-order valence-electron chi connectivity index (χ2n) is 4.37. The van der Waals surface area contributed by atoms with E-state index in [-0.39, 0.29) is 12.0 Å². The maximum Gasteiger partial charge on any atom is 0.226 e. The molecule has 18 heavy (non-hydrogen) atoms. The van der Waals surface area contributed by atoms with Gasteiger partial charge in [-0.05, 0) is 25.0 Å². The second-order valence-corrected chi connectivity index (χ2v) is 4.37. The molecule has 0 fully saturated rings. The molecule has 1 unspecified atom stereocenters. The molecule has 4 heteroatoms. The summed E-state index contributed by atoms with van der Waals surface area (Å²) >= 11 is 0. The molecule has 0 radical (unpaired) electrons. The molecule has 0 aliphatic heterocycles. The highest BCUT2D eigenvalue weighted by Gasteiger charge is 2.14. The van der Waals surface area contributed by atoms with E-state index in [2.05, 4.69) is 0 Å². The highest BCUT2D eigenvalue weighted by molar-refractivity contribution is 5.93. The lowest BCUT2D eigenvalue weighted by atomic mass is 10.1. The van der Waals surface area contributed by atoms with Crippen molar-refractivity contribution < 1.29 is 9.53 Å². The quantitative estimate of drug-likeness (QED) is 0.839. The minimum absolute atomic E-state index is 0.0831. The second kappa shape index (κ2) is 7.13. The van der Waals surface area contributed by atoms with Crippen molar-refractivity contribution in [2.45, 2.75) is 32.4 Å². The summed E-state index contributed by atoms with van der Waals surface area (Å²) in [5.74, 6) is 0.0831. The first kappa shape index (κ1) is 14.7. The van der Waals surface area contributed by atoms with Gasteiger partial charge in [0.05, 0.1) is 6.10 Å². The molecule has 0 aliphatic rings. The number of ether oxygens (including phenoxy) is 1. The number of amides is 1. The molecule has 1 aromatic carbocycles. The van der Waals surface area contributed by atoms with Crippen LogP contribution in [0.15, 0.2) is 24.3 Å². The molecule has 4 nitrogen and oxygen atoms in total. The Morgan fingerprint density at radius 2 is 2.11 bits per heavy atom. The van der Waals surface area contributed by atoms with E-state index >= 15 is 0 Å². The number of nitrogens with zero attached hydrogens (tertiary/aromatic N) is 1. The third-order valence-corrected chi connectivity index (χ3v) is 3.11. The van der Waals surface area contributed by atoms with E-state index in [0.29, 0.717) is 13.0 Å². The lowest BCUT2D eigenvalue weighted by Gasteiger charge is -2.21. The van der Waals surface area contributed by atoms with Crippen molar-refractivity contribution in [2.75, 3.05) is 19.1 Å². The van der Waals surface area contributed by atoms with Crippen LogP contribution < -0.4 is 10.6 Å². The summed E-state index contributed by atoms with van der Waals surface area (Å²) in [6, 6.07) is 7.70. The fraction of sp³-hybridized carbons (Fsp3) is 0.500. The highest BCUT2D eigenvalue weighted by Crippen LogP contribution is 2.19. The van der Waals surface area contributed by atoms with Gasteiger partial charge in [-0.2, -0.15) is 0 Å². The Morgan fingerprint density at radius 3 is 2.72 bits per heavy atom. The van der Waals surface area contributed by atoms with Gasteiger partial charge >= 0.3 is 0 Å². The summed E-state index contributed by atoms with van der Waals surface area (Å²) in [6.07, 6.45) is 1.31. The summed E-state index contributed by atoms with van der Waals surface area (Å²) < 4.78 is 5.14. The van der Waals surface area contributed by atoms with Crippen molar-refractivity contribution in [1.82, 2.24) is 0 Å². The van der Waals surface area contributed by atoms with Gasteiger partial charge < -0.3 is 15.4 Å². The van der Waals surface area contributed by atoms with Gasteiger partial charge in [0, 0.05) is 32.8 Å². The number of carbonyl (C=O) groups is 1. The molecule has 100 valence electrons. The Morgan fingerprint density at radius 1 is 1.44 bits per heavy atom. The number of carbonyl (C=O) groups excluding carboxylic acids is 1. The maximum absolute atomic E-state index is 12.1. The third-order valence-electron chi connectivity index (χ3n) is 3.11. The number of hydrogen-bond acceptors (Lipinski definition) is 3. The molecular weight excluding hydrogens is 228 g/mol. The Kier molecular flexibility index (Phi) is 5.82. The van der Waals surface area contributed by atoms with Crippen LogP contribution in [-0.2, 0) is 16.1 Å². The van der Waals surface area contributed by atoms with Crippen LogP contribution in [0.2, 0.25) is 0 Å². The van der Waals surface area contributed by atoms with Crippen molar-refractivity contribution >= 4 is 11.6 Å². The van der Waals surface area contributed by atoms with Gasteiger partial charge in [0.1, 0.15) is 0 Å². The first-order valence-electron chi connectivity index (χ1n) is 6.17. The van der Waals surface area contributed by atoms with Crippen LogP contribution >= 0.6 is 0 Å². The SMILES string of the molecule is COC(C)CCC(=O)N(C)c1ccccc1CN. The molecule has 0 saturated carbocycles. The minimum Gasteiger partial charge on any atom is -0.382 e. The monoisotopic (exact) mass is 250 g/mol. The molecule has 0 saturated heterocycles. The van der Waals surface area contributed by atoms with E-state index in [1.807, 2.05) is 31.2 Å². The van der Waals surface area contributed by atoms with Gasteiger partial charge in [0.15, 0.2) is 0 Å². The summed E-state index contributed by atoms with van der Waals surface area (Å²) in [6.45, 7) is 2.39. The lowest BCUT2D eigenvalue weighted by Crippen LogP contribution is -2.28. The van der Waals surface area contributed by atoms with Crippen LogP contribution in [0.3, 0.4) is 0 Å². The molecule has 1 amide bonds. The van der Waals surface area contributed by atoms with Crippen LogP contribution in [0.5, 0.6) is 0 Å². The Hall–Kier alpha value is -1.39. The largest absolute Gasteiger partial charge is 0.382 e. The van der Waals surface area contributed by atoms with Gasteiger partial charge in [0.25, 0.3) is 0 Å². The van der Waals surface area contributed by atoms with Crippen molar-refractivity contribution in [3.63, 3.8) is 0 Å². The van der Waals surface area contributed by atoms with Crippen LogP contribution in [-0.4, -0.2) is 26.2 Å². The standard InChI is InChI=1S/C14H22N2O2/c1-11(18-3)8-9-14(17)16(2)13-7-5-4-6-12(13)10-15/h4-7,11H,8-10,15H2,1-3H3. The smallest absolute Gasteiger partial charge is 0.226 e. The fourth-order valence-electron chi connectivity index (χ4n) is 1.76.